The molecule has 0 amide bonds. The largest absolute Gasteiger partial charge is 0.476 e. The Balaban J connectivity index is 2.34. The number of halogens is 3. The lowest BCUT2D eigenvalue weighted by Crippen LogP contribution is -2.20. The Labute approximate surface area is 87.9 Å². The van der Waals surface area contributed by atoms with Crippen molar-refractivity contribution in [3.05, 3.63) is 11.4 Å². The fraction of sp³-hybridized carbons (Fsp3) is 0.625. The van der Waals surface area contributed by atoms with Gasteiger partial charge in [-0.25, -0.2) is 9.48 Å². The van der Waals surface area contributed by atoms with Gasteiger partial charge in [-0.3, -0.25) is 0 Å². The van der Waals surface area contributed by atoms with Gasteiger partial charge in [0.1, 0.15) is 6.54 Å². The fourth-order valence-electron chi connectivity index (χ4n) is 1.52. The SMILES string of the molecule is O=C(O)c1nnn(CC(F)(F)F)c1C1CC1. The van der Waals surface area contributed by atoms with Gasteiger partial charge in [0.25, 0.3) is 0 Å². The van der Waals surface area contributed by atoms with Crippen LogP contribution >= 0.6 is 0 Å². The predicted octanol–water partition coefficient (Wildman–Crippen LogP) is 1.42. The molecule has 0 saturated heterocycles. The average Bonchev–Trinajstić information content (AvgIpc) is 2.86. The van der Waals surface area contributed by atoms with Crippen molar-refractivity contribution in [1.82, 2.24) is 15.0 Å². The molecular formula is C8H8F3N3O2. The second-order valence-corrected chi connectivity index (χ2v) is 3.68. The van der Waals surface area contributed by atoms with E-state index in [4.69, 9.17) is 5.11 Å². The first-order chi connectivity index (χ1) is 7.38. The molecule has 88 valence electrons. The molecule has 5 nitrogen and oxygen atoms in total. The van der Waals surface area contributed by atoms with Gasteiger partial charge in [0.2, 0.25) is 0 Å². The Hall–Kier alpha value is -1.60. The van der Waals surface area contributed by atoms with Crippen LogP contribution in [0.1, 0.15) is 34.9 Å². The average molecular weight is 235 g/mol. The van der Waals surface area contributed by atoms with Gasteiger partial charge in [-0.1, -0.05) is 5.21 Å². The van der Waals surface area contributed by atoms with E-state index in [0.717, 1.165) is 0 Å². The number of aromatic carboxylic acids is 1. The third kappa shape index (κ3) is 2.15. The zero-order valence-corrected chi connectivity index (χ0v) is 8.03. The molecule has 0 atom stereocenters. The molecule has 8 heteroatoms. The number of alkyl halides is 3. The number of nitrogens with zero attached hydrogens (tertiary/aromatic N) is 3. The molecule has 0 radical (unpaired) electrons. The molecule has 1 N–H and O–H groups in total. The summed E-state index contributed by atoms with van der Waals surface area (Å²) in [5.74, 6) is -1.49. The summed E-state index contributed by atoms with van der Waals surface area (Å²) in [7, 11) is 0. The summed E-state index contributed by atoms with van der Waals surface area (Å²) in [5, 5.41) is 15.3. The van der Waals surface area contributed by atoms with Crippen molar-refractivity contribution >= 4 is 5.97 Å². The van der Waals surface area contributed by atoms with E-state index >= 15 is 0 Å². The molecule has 0 spiro atoms. The number of aromatic nitrogens is 3. The quantitative estimate of drug-likeness (QED) is 0.860. The minimum atomic E-state index is -4.42. The summed E-state index contributed by atoms with van der Waals surface area (Å²) in [6, 6.07) is 0. The zero-order chi connectivity index (χ0) is 11.9. The van der Waals surface area contributed by atoms with Gasteiger partial charge >= 0.3 is 12.1 Å². The van der Waals surface area contributed by atoms with Gasteiger partial charge in [-0.05, 0) is 12.8 Å². The zero-order valence-electron chi connectivity index (χ0n) is 8.03. The number of hydrogen-bond donors (Lipinski definition) is 1. The first kappa shape index (κ1) is 10.9. The molecule has 0 bridgehead atoms. The number of carboxylic acid groups (broad SMARTS) is 1. The molecule has 2 rings (SSSR count). The van der Waals surface area contributed by atoms with E-state index in [2.05, 4.69) is 10.3 Å². The van der Waals surface area contributed by atoms with E-state index in [1.807, 2.05) is 0 Å². The monoisotopic (exact) mass is 235 g/mol. The normalized spacial score (nSPS) is 16.4. The van der Waals surface area contributed by atoms with Gasteiger partial charge in [0, 0.05) is 5.92 Å². The predicted molar refractivity (Wildman–Crippen MR) is 45.0 cm³/mol. The van der Waals surface area contributed by atoms with Crippen molar-refractivity contribution < 1.29 is 23.1 Å². The van der Waals surface area contributed by atoms with Crippen molar-refractivity contribution in [3.63, 3.8) is 0 Å². The van der Waals surface area contributed by atoms with Crippen molar-refractivity contribution in [2.75, 3.05) is 0 Å². The van der Waals surface area contributed by atoms with E-state index in [9.17, 15) is 18.0 Å². The van der Waals surface area contributed by atoms with Crippen LogP contribution in [0.3, 0.4) is 0 Å². The highest BCUT2D eigenvalue weighted by atomic mass is 19.4. The molecular weight excluding hydrogens is 227 g/mol. The summed E-state index contributed by atoms with van der Waals surface area (Å²) in [4.78, 5) is 10.7. The maximum absolute atomic E-state index is 12.2. The van der Waals surface area contributed by atoms with Gasteiger partial charge in [-0.15, -0.1) is 5.10 Å². The van der Waals surface area contributed by atoms with Crippen molar-refractivity contribution in [3.8, 4) is 0 Å². The van der Waals surface area contributed by atoms with Crippen LogP contribution in [-0.2, 0) is 6.54 Å². The van der Waals surface area contributed by atoms with Crippen LogP contribution in [-0.4, -0.2) is 32.2 Å². The summed E-state index contributed by atoms with van der Waals surface area (Å²) in [5.41, 5.74) is -0.281. The Morgan fingerprint density at radius 1 is 1.50 bits per heavy atom. The number of hydrogen-bond acceptors (Lipinski definition) is 3. The lowest BCUT2D eigenvalue weighted by Gasteiger charge is -2.08. The maximum Gasteiger partial charge on any atom is 0.408 e. The summed E-state index contributed by atoms with van der Waals surface area (Å²) >= 11 is 0. The van der Waals surface area contributed by atoms with Crippen molar-refractivity contribution in [2.45, 2.75) is 31.5 Å². The molecule has 0 unspecified atom stereocenters. The highest BCUT2D eigenvalue weighted by Gasteiger charge is 2.37. The van der Waals surface area contributed by atoms with Gasteiger partial charge in [0.15, 0.2) is 5.69 Å². The van der Waals surface area contributed by atoms with Gasteiger partial charge in [0.05, 0.1) is 5.69 Å². The van der Waals surface area contributed by atoms with Crippen LogP contribution in [0, 0.1) is 0 Å². The van der Waals surface area contributed by atoms with Crippen LogP contribution in [0.5, 0.6) is 0 Å². The van der Waals surface area contributed by atoms with Crippen LogP contribution in [0.25, 0.3) is 0 Å². The van der Waals surface area contributed by atoms with E-state index < -0.39 is 18.7 Å². The van der Waals surface area contributed by atoms with Crippen LogP contribution in [0.2, 0.25) is 0 Å². The number of carbonyl (C=O) groups is 1. The summed E-state index contributed by atoms with van der Waals surface area (Å²) in [6.45, 7) is -1.29. The first-order valence-corrected chi connectivity index (χ1v) is 4.62. The molecule has 1 aromatic heterocycles. The van der Waals surface area contributed by atoms with Gasteiger partial charge in [-0.2, -0.15) is 13.2 Å². The second kappa shape index (κ2) is 3.46. The lowest BCUT2D eigenvalue weighted by molar-refractivity contribution is -0.143. The fourth-order valence-corrected chi connectivity index (χ4v) is 1.52. The van der Waals surface area contributed by atoms with Crippen molar-refractivity contribution in [1.29, 1.82) is 0 Å². The Bertz CT molecular complexity index is 423. The second-order valence-electron chi connectivity index (χ2n) is 3.68. The molecule has 0 aliphatic heterocycles. The molecule has 1 heterocycles. The van der Waals surface area contributed by atoms with Crippen LogP contribution < -0.4 is 0 Å². The Morgan fingerprint density at radius 3 is 2.56 bits per heavy atom. The molecule has 1 aliphatic carbocycles. The summed E-state index contributed by atoms with van der Waals surface area (Å²) < 4.78 is 37.2. The number of rotatable bonds is 3. The molecule has 16 heavy (non-hydrogen) atoms. The lowest BCUT2D eigenvalue weighted by atomic mass is 10.2. The smallest absolute Gasteiger partial charge is 0.408 e. The molecule has 1 saturated carbocycles. The highest BCUT2D eigenvalue weighted by molar-refractivity contribution is 5.86. The molecule has 1 fully saturated rings. The Morgan fingerprint density at radius 2 is 2.12 bits per heavy atom. The molecule has 1 aliphatic rings. The topological polar surface area (TPSA) is 68.0 Å². The van der Waals surface area contributed by atoms with Crippen LogP contribution in [0.4, 0.5) is 13.2 Å². The molecule has 1 aromatic rings. The Kier molecular flexibility index (Phi) is 2.36. The van der Waals surface area contributed by atoms with Crippen LogP contribution in [0.15, 0.2) is 0 Å². The maximum atomic E-state index is 12.2. The standard InChI is InChI=1S/C8H8F3N3O2/c9-8(10,11)3-14-6(4-1-2-4)5(7(15)16)12-13-14/h4H,1-3H2,(H,15,16). The summed E-state index contributed by atoms with van der Waals surface area (Å²) in [6.07, 6.45) is -3.05. The van der Waals surface area contributed by atoms with E-state index in [1.165, 1.54) is 0 Å². The minimum Gasteiger partial charge on any atom is -0.476 e. The van der Waals surface area contributed by atoms with E-state index in [-0.39, 0.29) is 17.3 Å². The van der Waals surface area contributed by atoms with E-state index in [0.29, 0.717) is 17.5 Å². The molecule has 0 aromatic carbocycles. The number of carboxylic acids is 1. The van der Waals surface area contributed by atoms with Crippen molar-refractivity contribution in [2.24, 2.45) is 0 Å². The first-order valence-electron chi connectivity index (χ1n) is 4.62. The third-order valence-electron chi connectivity index (χ3n) is 2.27. The van der Waals surface area contributed by atoms with Gasteiger partial charge < -0.3 is 5.11 Å². The third-order valence-corrected chi connectivity index (χ3v) is 2.27. The highest BCUT2D eigenvalue weighted by Crippen LogP contribution is 2.41. The minimum absolute atomic E-state index is 0.0878. The van der Waals surface area contributed by atoms with E-state index in [1.54, 1.807) is 0 Å².